The van der Waals surface area contributed by atoms with Gasteiger partial charge in [-0.05, 0) is 35.9 Å². The van der Waals surface area contributed by atoms with Crippen molar-refractivity contribution >= 4 is 22.5 Å². The van der Waals surface area contributed by atoms with Crippen molar-refractivity contribution < 1.29 is 9.18 Å². The molecule has 4 rings (SSSR count). The standard InChI is InChI=1S/C20H16FN5O2/c21-19-14(8-13-7-12(10-22)4-5-15(13)25-19)11-23-20(28)16-9-18(27)26-6-2-1-3-17(26)24-16/h1-9H,10-11,22H2,(H,23,28). The average molecular weight is 377 g/mol. The molecule has 0 aliphatic carbocycles. The molecule has 0 saturated carbocycles. The Morgan fingerprint density at radius 1 is 1.14 bits per heavy atom. The first-order chi connectivity index (χ1) is 13.5. The third-order valence-electron chi connectivity index (χ3n) is 4.38. The molecule has 0 aliphatic heterocycles. The summed E-state index contributed by atoms with van der Waals surface area (Å²) in [5, 5.41) is 3.32. The molecule has 0 atom stereocenters. The van der Waals surface area contributed by atoms with Crippen molar-refractivity contribution in [3.05, 3.63) is 87.9 Å². The Labute approximate surface area is 158 Å². The number of amides is 1. The fraction of sp³-hybridized carbons (Fsp3) is 0.100. The third-order valence-corrected chi connectivity index (χ3v) is 4.38. The number of benzene rings is 1. The zero-order chi connectivity index (χ0) is 19.7. The van der Waals surface area contributed by atoms with Crippen molar-refractivity contribution in [2.75, 3.05) is 0 Å². The van der Waals surface area contributed by atoms with E-state index in [4.69, 9.17) is 5.73 Å². The number of pyridine rings is 2. The van der Waals surface area contributed by atoms with E-state index in [1.165, 1.54) is 4.40 Å². The van der Waals surface area contributed by atoms with E-state index in [-0.39, 0.29) is 23.4 Å². The van der Waals surface area contributed by atoms with Crippen LogP contribution in [-0.2, 0) is 13.1 Å². The lowest BCUT2D eigenvalue weighted by Gasteiger charge is -2.08. The largest absolute Gasteiger partial charge is 0.346 e. The van der Waals surface area contributed by atoms with Crippen LogP contribution in [0.4, 0.5) is 4.39 Å². The second-order valence-corrected chi connectivity index (χ2v) is 6.26. The van der Waals surface area contributed by atoms with E-state index in [9.17, 15) is 14.0 Å². The monoisotopic (exact) mass is 377 g/mol. The first-order valence-electron chi connectivity index (χ1n) is 8.60. The normalized spacial score (nSPS) is 11.1. The van der Waals surface area contributed by atoms with Gasteiger partial charge in [0.25, 0.3) is 11.5 Å². The summed E-state index contributed by atoms with van der Waals surface area (Å²) < 4.78 is 15.6. The number of nitrogens with zero attached hydrogens (tertiary/aromatic N) is 3. The SMILES string of the molecule is NCc1ccc2nc(F)c(CNC(=O)c3cc(=O)n4ccccc4n3)cc2c1. The maximum Gasteiger partial charge on any atom is 0.270 e. The van der Waals surface area contributed by atoms with Gasteiger partial charge in [-0.2, -0.15) is 4.39 Å². The van der Waals surface area contributed by atoms with E-state index in [1.54, 1.807) is 42.6 Å². The highest BCUT2D eigenvalue weighted by Gasteiger charge is 2.13. The summed E-state index contributed by atoms with van der Waals surface area (Å²) in [6.07, 6.45) is 1.57. The zero-order valence-electron chi connectivity index (χ0n) is 14.7. The van der Waals surface area contributed by atoms with Crippen LogP contribution in [0.25, 0.3) is 16.6 Å². The molecule has 8 heteroatoms. The average Bonchev–Trinajstić information content (AvgIpc) is 2.71. The molecule has 0 radical (unpaired) electrons. The van der Waals surface area contributed by atoms with E-state index in [1.807, 2.05) is 6.07 Å². The first-order valence-corrected chi connectivity index (χ1v) is 8.60. The van der Waals surface area contributed by atoms with Gasteiger partial charge in [-0.1, -0.05) is 12.1 Å². The first kappa shape index (κ1) is 17.7. The molecule has 3 aromatic heterocycles. The van der Waals surface area contributed by atoms with Crippen molar-refractivity contribution in [3.8, 4) is 0 Å². The third kappa shape index (κ3) is 3.33. The van der Waals surface area contributed by atoms with Gasteiger partial charge in [-0.25, -0.2) is 9.97 Å². The Hall–Kier alpha value is -3.65. The molecular weight excluding hydrogens is 361 g/mol. The summed E-state index contributed by atoms with van der Waals surface area (Å²) in [4.78, 5) is 32.6. The molecule has 0 saturated heterocycles. The maximum absolute atomic E-state index is 14.3. The van der Waals surface area contributed by atoms with Crippen LogP contribution < -0.4 is 16.6 Å². The van der Waals surface area contributed by atoms with Gasteiger partial charge in [0.1, 0.15) is 11.3 Å². The molecule has 3 N–H and O–H groups in total. The highest BCUT2D eigenvalue weighted by Crippen LogP contribution is 2.18. The fourth-order valence-corrected chi connectivity index (χ4v) is 2.93. The molecule has 3 heterocycles. The highest BCUT2D eigenvalue weighted by molar-refractivity contribution is 5.92. The smallest absolute Gasteiger partial charge is 0.270 e. The topological polar surface area (TPSA) is 102 Å². The Morgan fingerprint density at radius 3 is 2.82 bits per heavy atom. The van der Waals surface area contributed by atoms with Crippen LogP contribution >= 0.6 is 0 Å². The fourth-order valence-electron chi connectivity index (χ4n) is 2.93. The van der Waals surface area contributed by atoms with Crippen LogP contribution in [0, 0.1) is 5.95 Å². The number of nitrogens with one attached hydrogen (secondary N) is 1. The summed E-state index contributed by atoms with van der Waals surface area (Å²) in [5.41, 5.74) is 7.23. The molecule has 1 amide bonds. The van der Waals surface area contributed by atoms with Crippen LogP contribution in [0.15, 0.2) is 59.5 Å². The van der Waals surface area contributed by atoms with Gasteiger partial charge in [-0.3, -0.25) is 14.0 Å². The minimum absolute atomic E-state index is 0.0317. The van der Waals surface area contributed by atoms with E-state index < -0.39 is 11.9 Å². The van der Waals surface area contributed by atoms with Crippen molar-refractivity contribution in [2.45, 2.75) is 13.1 Å². The molecule has 0 bridgehead atoms. The van der Waals surface area contributed by atoms with Gasteiger partial charge in [0.15, 0.2) is 0 Å². The number of hydrogen-bond acceptors (Lipinski definition) is 5. The number of carbonyl (C=O) groups is 1. The van der Waals surface area contributed by atoms with Crippen LogP contribution in [0.1, 0.15) is 21.6 Å². The number of halogens is 1. The summed E-state index contributed by atoms with van der Waals surface area (Å²) in [6.45, 7) is 0.277. The molecule has 0 spiro atoms. The van der Waals surface area contributed by atoms with E-state index in [0.717, 1.165) is 17.0 Å². The molecule has 1 aromatic carbocycles. The number of fused-ring (bicyclic) bond motifs is 2. The molecule has 140 valence electrons. The molecule has 4 aromatic rings. The van der Waals surface area contributed by atoms with Gasteiger partial charge >= 0.3 is 0 Å². The lowest BCUT2D eigenvalue weighted by molar-refractivity contribution is 0.0945. The van der Waals surface area contributed by atoms with E-state index >= 15 is 0 Å². The molecule has 0 unspecified atom stereocenters. The predicted molar refractivity (Wildman–Crippen MR) is 102 cm³/mol. The van der Waals surface area contributed by atoms with Gasteiger partial charge in [0.2, 0.25) is 5.95 Å². The predicted octanol–water partition coefficient (Wildman–Crippen LogP) is 1.77. The van der Waals surface area contributed by atoms with E-state index in [0.29, 0.717) is 17.7 Å². The molecule has 0 aliphatic rings. The molecule has 0 fully saturated rings. The number of rotatable bonds is 4. The summed E-state index contributed by atoms with van der Waals surface area (Å²) in [5.74, 6) is -1.24. The van der Waals surface area contributed by atoms with Crippen LogP contribution in [0.2, 0.25) is 0 Å². The molecular formula is C20H16FN5O2. The van der Waals surface area contributed by atoms with Crippen molar-refractivity contribution in [2.24, 2.45) is 5.73 Å². The second kappa shape index (κ2) is 7.16. The number of hydrogen-bond donors (Lipinski definition) is 2. The van der Waals surface area contributed by atoms with Crippen LogP contribution in [0.5, 0.6) is 0 Å². The van der Waals surface area contributed by atoms with Gasteiger partial charge in [0, 0.05) is 36.3 Å². The Kier molecular flexibility index (Phi) is 4.54. The number of carbonyl (C=O) groups excluding carboxylic acids is 1. The van der Waals surface area contributed by atoms with Crippen molar-refractivity contribution in [1.29, 1.82) is 0 Å². The van der Waals surface area contributed by atoms with Crippen molar-refractivity contribution in [3.63, 3.8) is 0 Å². The van der Waals surface area contributed by atoms with E-state index in [2.05, 4.69) is 15.3 Å². The lowest BCUT2D eigenvalue weighted by atomic mass is 10.1. The number of nitrogens with two attached hydrogens (primary N) is 1. The number of aromatic nitrogens is 3. The molecule has 7 nitrogen and oxygen atoms in total. The van der Waals surface area contributed by atoms with Gasteiger partial charge in [0.05, 0.1) is 5.52 Å². The van der Waals surface area contributed by atoms with Crippen LogP contribution in [0.3, 0.4) is 0 Å². The maximum atomic E-state index is 14.3. The Bertz CT molecular complexity index is 1270. The minimum atomic E-state index is -0.667. The highest BCUT2D eigenvalue weighted by atomic mass is 19.1. The minimum Gasteiger partial charge on any atom is -0.346 e. The van der Waals surface area contributed by atoms with Gasteiger partial charge < -0.3 is 11.1 Å². The molecule has 28 heavy (non-hydrogen) atoms. The Morgan fingerprint density at radius 2 is 2.00 bits per heavy atom. The second-order valence-electron chi connectivity index (χ2n) is 6.26. The summed E-state index contributed by atoms with van der Waals surface area (Å²) in [7, 11) is 0. The summed E-state index contributed by atoms with van der Waals surface area (Å²) >= 11 is 0. The van der Waals surface area contributed by atoms with Crippen molar-refractivity contribution in [1.82, 2.24) is 19.7 Å². The van der Waals surface area contributed by atoms with Crippen LogP contribution in [-0.4, -0.2) is 20.3 Å². The summed E-state index contributed by atoms with van der Waals surface area (Å²) in [6, 6.07) is 13.1. The quantitative estimate of drug-likeness (QED) is 0.528. The Balaban J connectivity index is 1.59. The van der Waals surface area contributed by atoms with Gasteiger partial charge in [-0.15, -0.1) is 0 Å². The zero-order valence-corrected chi connectivity index (χ0v) is 14.7. The lowest BCUT2D eigenvalue weighted by Crippen LogP contribution is -2.27.